The fourth-order valence-electron chi connectivity index (χ4n) is 2.96. The van der Waals surface area contributed by atoms with E-state index in [-0.39, 0.29) is 0 Å². The van der Waals surface area contributed by atoms with Crippen LogP contribution < -0.4 is 19.9 Å². The zero-order chi connectivity index (χ0) is 16.4. The molecule has 0 saturated heterocycles. The number of ether oxygens (including phenoxy) is 3. The Bertz CT molecular complexity index is 693. The van der Waals surface area contributed by atoms with E-state index >= 15 is 0 Å². The quantitative estimate of drug-likeness (QED) is 0.905. The Balaban J connectivity index is 2.03. The van der Waals surface area contributed by atoms with Gasteiger partial charge in [0.15, 0.2) is 17.3 Å². The summed E-state index contributed by atoms with van der Waals surface area (Å²) in [4.78, 5) is 4.49. The van der Waals surface area contributed by atoms with Crippen LogP contribution in [0.3, 0.4) is 0 Å². The van der Waals surface area contributed by atoms with Gasteiger partial charge in [-0.3, -0.25) is 0 Å². The number of hydrogen-bond donors (Lipinski definition) is 1. The molecule has 0 unspecified atom stereocenters. The Kier molecular flexibility index (Phi) is 4.12. The van der Waals surface area contributed by atoms with Crippen LogP contribution in [0.1, 0.15) is 31.5 Å². The molecule has 23 heavy (non-hydrogen) atoms. The molecule has 0 radical (unpaired) electrons. The summed E-state index contributed by atoms with van der Waals surface area (Å²) in [7, 11) is 4.71. The van der Waals surface area contributed by atoms with Crippen LogP contribution >= 0.6 is 0 Å². The molecule has 2 aromatic rings. The zero-order valence-electron chi connectivity index (χ0n) is 13.6. The highest BCUT2D eigenvalue weighted by atomic mass is 16.5. The molecular weight excluding hydrogens is 298 g/mol. The maximum Gasteiger partial charge on any atom is 0.261 e. The summed E-state index contributed by atoms with van der Waals surface area (Å²) in [5.74, 6) is 2.59. The molecule has 7 nitrogen and oxygen atoms in total. The van der Waals surface area contributed by atoms with Gasteiger partial charge in [-0.1, -0.05) is 18.0 Å². The molecule has 1 aliphatic carbocycles. The van der Waals surface area contributed by atoms with Gasteiger partial charge >= 0.3 is 0 Å². The first-order chi connectivity index (χ1) is 11.1. The summed E-state index contributed by atoms with van der Waals surface area (Å²) in [6, 6.07) is 3.48. The number of methoxy groups -OCH3 is 3. The fourth-order valence-corrected chi connectivity index (χ4v) is 2.96. The lowest BCUT2D eigenvalue weighted by Crippen LogP contribution is -2.34. The van der Waals surface area contributed by atoms with Crippen LogP contribution in [-0.2, 0) is 5.54 Å². The van der Waals surface area contributed by atoms with E-state index in [1.165, 1.54) is 0 Å². The monoisotopic (exact) mass is 319 g/mol. The van der Waals surface area contributed by atoms with E-state index in [1.807, 2.05) is 0 Å². The smallest absolute Gasteiger partial charge is 0.261 e. The van der Waals surface area contributed by atoms with Crippen molar-refractivity contribution in [3.63, 3.8) is 0 Å². The SMILES string of the molecule is COc1cc(OC)c(-c2nc(C3(N)CCCC3)no2)cc1OC. The number of nitrogens with two attached hydrogens (primary N) is 1. The highest BCUT2D eigenvalue weighted by Crippen LogP contribution is 2.41. The van der Waals surface area contributed by atoms with E-state index in [2.05, 4.69) is 10.1 Å². The van der Waals surface area contributed by atoms with Gasteiger partial charge < -0.3 is 24.5 Å². The molecule has 1 aromatic heterocycles. The molecule has 1 heterocycles. The Morgan fingerprint density at radius 2 is 1.61 bits per heavy atom. The molecule has 0 aliphatic heterocycles. The highest BCUT2D eigenvalue weighted by molar-refractivity contribution is 5.68. The minimum absolute atomic E-state index is 0.356. The van der Waals surface area contributed by atoms with Gasteiger partial charge in [-0.05, 0) is 12.8 Å². The zero-order valence-corrected chi connectivity index (χ0v) is 13.6. The number of nitrogens with zero attached hydrogens (tertiary/aromatic N) is 2. The van der Waals surface area contributed by atoms with E-state index in [0.717, 1.165) is 25.7 Å². The van der Waals surface area contributed by atoms with Crippen molar-refractivity contribution in [3.8, 4) is 28.7 Å². The summed E-state index contributed by atoms with van der Waals surface area (Å²) in [6.45, 7) is 0. The van der Waals surface area contributed by atoms with Crippen molar-refractivity contribution in [1.82, 2.24) is 10.1 Å². The van der Waals surface area contributed by atoms with Gasteiger partial charge in [0.05, 0.1) is 32.4 Å². The van der Waals surface area contributed by atoms with Crippen LogP contribution in [-0.4, -0.2) is 31.5 Å². The third-order valence-corrected chi connectivity index (χ3v) is 4.30. The van der Waals surface area contributed by atoms with Crippen molar-refractivity contribution in [2.24, 2.45) is 5.73 Å². The molecule has 3 rings (SSSR count). The normalized spacial score (nSPS) is 16.3. The van der Waals surface area contributed by atoms with Crippen molar-refractivity contribution >= 4 is 0 Å². The number of benzene rings is 1. The molecule has 0 amide bonds. The molecule has 7 heteroatoms. The van der Waals surface area contributed by atoms with Crippen molar-refractivity contribution in [3.05, 3.63) is 18.0 Å². The van der Waals surface area contributed by atoms with E-state index in [9.17, 15) is 0 Å². The second kappa shape index (κ2) is 6.08. The fraction of sp³-hybridized carbons (Fsp3) is 0.500. The Morgan fingerprint density at radius 1 is 1.00 bits per heavy atom. The van der Waals surface area contributed by atoms with Crippen LogP contribution in [0.4, 0.5) is 0 Å². The van der Waals surface area contributed by atoms with Crippen LogP contribution in [0.15, 0.2) is 16.7 Å². The molecule has 0 spiro atoms. The minimum atomic E-state index is -0.495. The minimum Gasteiger partial charge on any atom is -0.496 e. The summed E-state index contributed by atoms with van der Waals surface area (Å²) in [5.41, 5.74) is 6.53. The summed E-state index contributed by atoms with van der Waals surface area (Å²) >= 11 is 0. The first kappa shape index (κ1) is 15.6. The molecule has 0 bridgehead atoms. The molecular formula is C16H21N3O4. The second-order valence-electron chi connectivity index (χ2n) is 5.69. The van der Waals surface area contributed by atoms with Gasteiger partial charge in [-0.25, -0.2) is 0 Å². The van der Waals surface area contributed by atoms with Gasteiger partial charge in [0.2, 0.25) is 0 Å². The van der Waals surface area contributed by atoms with Crippen molar-refractivity contribution in [1.29, 1.82) is 0 Å². The van der Waals surface area contributed by atoms with Gasteiger partial charge in [0.25, 0.3) is 5.89 Å². The Morgan fingerprint density at radius 3 is 2.22 bits per heavy atom. The number of hydrogen-bond acceptors (Lipinski definition) is 7. The lowest BCUT2D eigenvalue weighted by Gasteiger charge is -2.17. The van der Waals surface area contributed by atoms with E-state index in [0.29, 0.717) is 34.5 Å². The lowest BCUT2D eigenvalue weighted by molar-refractivity contribution is 0.348. The van der Waals surface area contributed by atoms with E-state index < -0.39 is 5.54 Å². The van der Waals surface area contributed by atoms with Crippen molar-refractivity contribution in [2.75, 3.05) is 21.3 Å². The average Bonchev–Trinajstić information content (AvgIpc) is 3.23. The predicted octanol–water partition coefficient (Wildman–Crippen LogP) is 2.49. The molecule has 1 aromatic carbocycles. The molecule has 124 valence electrons. The predicted molar refractivity (Wildman–Crippen MR) is 83.7 cm³/mol. The Hall–Kier alpha value is -2.28. The highest BCUT2D eigenvalue weighted by Gasteiger charge is 2.36. The van der Waals surface area contributed by atoms with E-state index in [1.54, 1.807) is 33.5 Å². The van der Waals surface area contributed by atoms with Gasteiger partial charge in [-0.2, -0.15) is 4.98 Å². The van der Waals surface area contributed by atoms with E-state index in [4.69, 9.17) is 24.5 Å². The van der Waals surface area contributed by atoms with Gasteiger partial charge in [0, 0.05) is 12.1 Å². The molecule has 1 aliphatic rings. The average molecular weight is 319 g/mol. The third-order valence-electron chi connectivity index (χ3n) is 4.30. The lowest BCUT2D eigenvalue weighted by atomic mass is 9.98. The molecule has 0 atom stereocenters. The van der Waals surface area contributed by atoms with Crippen molar-refractivity contribution < 1.29 is 18.7 Å². The van der Waals surface area contributed by atoms with Crippen LogP contribution in [0.5, 0.6) is 17.2 Å². The number of aromatic nitrogens is 2. The first-order valence-corrected chi connectivity index (χ1v) is 7.55. The molecule has 1 fully saturated rings. The van der Waals surface area contributed by atoms with Crippen LogP contribution in [0, 0.1) is 0 Å². The standard InChI is InChI=1S/C16H21N3O4/c1-20-11-9-13(22-3)12(21-2)8-10(11)14-18-15(19-23-14)16(17)6-4-5-7-16/h8-9H,4-7,17H2,1-3H3. The largest absolute Gasteiger partial charge is 0.496 e. The topological polar surface area (TPSA) is 92.6 Å². The maximum atomic E-state index is 6.38. The Labute approximate surface area is 134 Å². The first-order valence-electron chi connectivity index (χ1n) is 7.55. The third kappa shape index (κ3) is 2.72. The summed E-state index contributed by atoms with van der Waals surface area (Å²) in [5, 5.41) is 4.08. The molecule has 1 saturated carbocycles. The second-order valence-corrected chi connectivity index (χ2v) is 5.69. The summed E-state index contributed by atoms with van der Waals surface area (Å²) < 4.78 is 21.4. The van der Waals surface area contributed by atoms with Crippen LogP contribution in [0.25, 0.3) is 11.5 Å². The maximum absolute atomic E-state index is 6.38. The number of rotatable bonds is 5. The summed E-state index contributed by atoms with van der Waals surface area (Å²) in [6.07, 6.45) is 3.91. The van der Waals surface area contributed by atoms with Gasteiger partial charge in [0.1, 0.15) is 5.75 Å². The molecule has 2 N–H and O–H groups in total. The van der Waals surface area contributed by atoms with Crippen molar-refractivity contribution in [2.45, 2.75) is 31.2 Å². The van der Waals surface area contributed by atoms with Crippen LogP contribution in [0.2, 0.25) is 0 Å². The van der Waals surface area contributed by atoms with Gasteiger partial charge in [-0.15, -0.1) is 0 Å².